The Kier molecular flexibility index (Phi) is 7.87. The first-order valence-corrected chi connectivity index (χ1v) is 11.0. The molecule has 8 heteroatoms. The first-order chi connectivity index (χ1) is 15.5. The number of carbonyl (C=O) groups excluding carboxylic acids is 2. The molecular formula is C25H29ClN4O3. The molecule has 3 heterocycles. The van der Waals surface area contributed by atoms with Gasteiger partial charge in [-0.25, -0.2) is 14.8 Å². The Morgan fingerprint density at radius 3 is 2.79 bits per heavy atom. The second-order valence-corrected chi connectivity index (χ2v) is 8.12. The number of esters is 1. The smallest absolute Gasteiger partial charge is 0.337 e. The van der Waals surface area contributed by atoms with Crippen molar-refractivity contribution in [2.24, 2.45) is 0 Å². The zero-order chi connectivity index (χ0) is 22.7. The van der Waals surface area contributed by atoms with Crippen LogP contribution in [0.2, 0.25) is 0 Å². The van der Waals surface area contributed by atoms with Crippen molar-refractivity contribution >= 4 is 46.7 Å². The first-order valence-electron chi connectivity index (χ1n) is 11.0. The first kappa shape index (κ1) is 24.5. The summed E-state index contributed by atoms with van der Waals surface area (Å²) >= 11 is 0. The van der Waals surface area contributed by atoms with Crippen molar-refractivity contribution < 1.29 is 14.3 Å². The van der Waals surface area contributed by atoms with Crippen LogP contribution in [0.5, 0.6) is 0 Å². The maximum Gasteiger partial charge on any atom is 0.337 e. The summed E-state index contributed by atoms with van der Waals surface area (Å²) in [7, 11) is 1.35. The lowest BCUT2D eigenvalue weighted by Gasteiger charge is -2.35. The van der Waals surface area contributed by atoms with Crippen LogP contribution in [0.1, 0.15) is 59.0 Å². The molecule has 0 spiro atoms. The average Bonchev–Trinajstić information content (AvgIpc) is 2.83. The van der Waals surface area contributed by atoms with Gasteiger partial charge in [-0.1, -0.05) is 13.0 Å². The van der Waals surface area contributed by atoms with Crippen molar-refractivity contribution in [3.8, 4) is 0 Å². The number of piperidine rings is 1. The van der Waals surface area contributed by atoms with Crippen LogP contribution in [0.4, 0.5) is 11.4 Å². The zero-order valence-corrected chi connectivity index (χ0v) is 19.9. The van der Waals surface area contributed by atoms with E-state index in [4.69, 9.17) is 4.74 Å². The van der Waals surface area contributed by atoms with Crippen LogP contribution < -0.4 is 5.32 Å². The lowest BCUT2D eigenvalue weighted by Crippen LogP contribution is -2.43. The predicted molar refractivity (Wildman–Crippen MR) is 132 cm³/mol. The number of nitrogens with one attached hydrogen (secondary N) is 1. The monoisotopic (exact) mass is 468 g/mol. The summed E-state index contributed by atoms with van der Waals surface area (Å²) in [6.45, 7) is 4.78. The highest BCUT2D eigenvalue weighted by Crippen LogP contribution is 2.32. The molecular weight excluding hydrogens is 440 g/mol. The fraction of sp³-hybridized carbons (Fsp3) is 0.360. The molecule has 1 atom stereocenters. The molecule has 0 saturated carbocycles. The summed E-state index contributed by atoms with van der Waals surface area (Å²) < 4.78 is 4.84. The van der Waals surface area contributed by atoms with E-state index in [1.54, 1.807) is 24.4 Å². The van der Waals surface area contributed by atoms with Gasteiger partial charge in [0.25, 0.3) is 5.91 Å². The predicted octanol–water partition coefficient (Wildman–Crippen LogP) is 5.29. The molecule has 1 fully saturated rings. The number of aromatic nitrogens is 2. The van der Waals surface area contributed by atoms with Crippen molar-refractivity contribution in [1.82, 2.24) is 14.9 Å². The van der Waals surface area contributed by atoms with E-state index in [0.717, 1.165) is 43.3 Å². The number of anilines is 2. The maximum atomic E-state index is 13.7. The molecule has 3 aromatic rings. The molecule has 174 valence electrons. The molecule has 1 aromatic carbocycles. The third-order valence-corrected chi connectivity index (χ3v) is 6.01. The number of benzene rings is 1. The van der Waals surface area contributed by atoms with Gasteiger partial charge in [-0.2, -0.15) is 0 Å². The number of halogens is 1. The van der Waals surface area contributed by atoms with Gasteiger partial charge >= 0.3 is 5.97 Å². The maximum absolute atomic E-state index is 13.7. The second-order valence-electron chi connectivity index (χ2n) is 8.12. The van der Waals surface area contributed by atoms with Gasteiger partial charge in [0.2, 0.25) is 0 Å². The van der Waals surface area contributed by atoms with Crippen LogP contribution in [0.25, 0.3) is 11.0 Å². The average molecular weight is 469 g/mol. The molecule has 0 radical (unpaired) electrons. The Hall–Kier alpha value is -3.19. The lowest BCUT2D eigenvalue weighted by molar-refractivity contribution is 0.0595. The fourth-order valence-corrected chi connectivity index (χ4v) is 4.30. The van der Waals surface area contributed by atoms with Gasteiger partial charge in [-0.3, -0.25) is 4.79 Å². The van der Waals surface area contributed by atoms with Gasteiger partial charge in [-0.15, -0.1) is 12.4 Å². The number of amides is 1. The zero-order valence-electron chi connectivity index (χ0n) is 19.1. The molecule has 1 amide bonds. The fourth-order valence-electron chi connectivity index (χ4n) is 4.30. The number of hydrogen-bond acceptors (Lipinski definition) is 6. The number of fused-ring (bicyclic) bond motifs is 1. The molecule has 1 N–H and O–H groups in total. The number of nitrogens with zero attached hydrogens (tertiary/aromatic N) is 3. The molecule has 1 unspecified atom stereocenters. The molecule has 0 aliphatic carbocycles. The Morgan fingerprint density at radius 1 is 1.21 bits per heavy atom. The van der Waals surface area contributed by atoms with Crippen molar-refractivity contribution in [1.29, 1.82) is 0 Å². The van der Waals surface area contributed by atoms with Crippen molar-refractivity contribution in [3.63, 3.8) is 0 Å². The summed E-state index contributed by atoms with van der Waals surface area (Å²) in [4.78, 5) is 36.7. The summed E-state index contributed by atoms with van der Waals surface area (Å²) in [5.74, 6) is -0.445. The normalized spacial score (nSPS) is 15.6. The van der Waals surface area contributed by atoms with E-state index in [9.17, 15) is 9.59 Å². The van der Waals surface area contributed by atoms with Crippen LogP contribution >= 0.6 is 12.4 Å². The van der Waals surface area contributed by atoms with E-state index in [-0.39, 0.29) is 24.4 Å². The third-order valence-electron chi connectivity index (χ3n) is 6.01. The molecule has 1 aliphatic heterocycles. The van der Waals surface area contributed by atoms with Gasteiger partial charge in [0.15, 0.2) is 5.65 Å². The Morgan fingerprint density at radius 2 is 2.03 bits per heavy atom. The summed E-state index contributed by atoms with van der Waals surface area (Å²) in [6.07, 6.45) is 5.72. The number of aryl methyl sites for hydroxylation is 1. The van der Waals surface area contributed by atoms with E-state index < -0.39 is 5.97 Å². The minimum absolute atomic E-state index is 0. The number of rotatable bonds is 5. The standard InChI is InChI=1S/C25H28N4O3.ClH/c1-4-19-10-5-6-13-29(19)24(30)21-15-26-23-20(12-11-16(2)27-23)22(21)28-18-9-7-8-17(14-18)25(31)32-3;/h7-9,11-12,14-15,19H,4-6,10,13H2,1-3H3,(H,26,27,28);1H. The molecule has 33 heavy (non-hydrogen) atoms. The van der Waals surface area contributed by atoms with Crippen molar-refractivity contribution in [3.05, 3.63) is 59.4 Å². The van der Waals surface area contributed by atoms with Crippen molar-refractivity contribution in [2.45, 2.75) is 45.6 Å². The number of carbonyl (C=O) groups is 2. The molecule has 2 aromatic heterocycles. The minimum Gasteiger partial charge on any atom is -0.465 e. The number of hydrogen-bond donors (Lipinski definition) is 1. The van der Waals surface area contributed by atoms with Crippen LogP contribution in [0, 0.1) is 6.92 Å². The molecule has 0 bridgehead atoms. The van der Waals surface area contributed by atoms with Gasteiger partial charge < -0.3 is 15.0 Å². The van der Waals surface area contributed by atoms with Gasteiger partial charge in [0.1, 0.15) is 0 Å². The largest absolute Gasteiger partial charge is 0.465 e. The highest BCUT2D eigenvalue weighted by Gasteiger charge is 2.29. The number of likely N-dealkylation sites (tertiary alicyclic amines) is 1. The molecule has 1 saturated heterocycles. The molecule has 7 nitrogen and oxygen atoms in total. The van der Waals surface area contributed by atoms with E-state index in [1.165, 1.54) is 7.11 Å². The SMILES string of the molecule is CCC1CCCCN1C(=O)c1cnc2nc(C)ccc2c1Nc1cccc(C(=O)OC)c1.Cl. The lowest BCUT2D eigenvalue weighted by atomic mass is 9.98. The van der Waals surface area contributed by atoms with Crippen LogP contribution in [-0.4, -0.2) is 46.4 Å². The third kappa shape index (κ3) is 5.09. The van der Waals surface area contributed by atoms with Gasteiger partial charge in [0, 0.05) is 35.6 Å². The topological polar surface area (TPSA) is 84.4 Å². The summed E-state index contributed by atoms with van der Waals surface area (Å²) in [6, 6.07) is 11.1. The molecule has 1 aliphatic rings. The highest BCUT2D eigenvalue weighted by molar-refractivity contribution is 6.07. The van der Waals surface area contributed by atoms with Gasteiger partial charge in [-0.05, 0) is 62.9 Å². The number of ether oxygens (including phenoxy) is 1. The Labute approximate surface area is 200 Å². The second kappa shape index (κ2) is 10.6. The Bertz CT molecular complexity index is 1170. The summed E-state index contributed by atoms with van der Waals surface area (Å²) in [5, 5.41) is 4.13. The quantitative estimate of drug-likeness (QED) is 0.512. The van der Waals surface area contributed by atoms with Crippen LogP contribution in [0.3, 0.4) is 0 Å². The minimum atomic E-state index is -0.416. The van der Waals surface area contributed by atoms with Crippen LogP contribution in [0.15, 0.2) is 42.6 Å². The highest BCUT2D eigenvalue weighted by atomic mass is 35.5. The number of pyridine rings is 2. The van der Waals surface area contributed by atoms with Crippen LogP contribution in [-0.2, 0) is 4.74 Å². The van der Waals surface area contributed by atoms with E-state index in [0.29, 0.717) is 28.1 Å². The molecule has 4 rings (SSSR count). The van der Waals surface area contributed by atoms with E-state index in [1.807, 2.05) is 30.0 Å². The number of methoxy groups -OCH3 is 1. The van der Waals surface area contributed by atoms with Crippen molar-refractivity contribution in [2.75, 3.05) is 19.0 Å². The Balaban J connectivity index is 0.00000306. The van der Waals surface area contributed by atoms with E-state index >= 15 is 0 Å². The van der Waals surface area contributed by atoms with E-state index in [2.05, 4.69) is 22.2 Å². The summed E-state index contributed by atoms with van der Waals surface area (Å²) in [5.41, 5.74) is 3.69. The van der Waals surface area contributed by atoms with Gasteiger partial charge in [0.05, 0.1) is 23.9 Å².